The molecule has 0 atom stereocenters. The lowest BCUT2D eigenvalue weighted by atomic mass is 9.96. The Kier molecular flexibility index (Phi) is 3.62. The molecule has 15 heavy (non-hydrogen) atoms. The van der Waals surface area contributed by atoms with Gasteiger partial charge in [0.15, 0.2) is 11.5 Å². The molecule has 1 aromatic rings. The van der Waals surface area contributed by atoms with Gasteiger partial charge in [0.25, 0.3) is 0 Å². The highest BCUT2D eigenvalue weighted by molar-refractivity contribution is 9.10. The fourth-order valence-corrected chi connectivity index (χ4v) is 1.84. The number of rotatable bonds is 3. The van der Waals surface area contributed by atoms with Crippen molar-refractivity contribution < 1.29 is 9.84 Å². The van der Waals surface area contributed by atoms with Crippen LogP contribution in [0.3, 0.4) is 0 Å². The monoisotopic (exact) mass is 273 g/mol. The van der Waals surface area contributed by atoms with Crippen LogP contribution in [0, 0.1) is 0 Å². The van der Waals surface area contributed by atoms with E-state index in [9.17, 15) is 5.11 Å². The predicted molar refractivity (Wildman–Crippen MR) is 64.3 cm³/mol. The van der Waals surface area contributed by atoms with Gasteiger partial charge in [0.05, 0.1) is 7.11 Å². The minimum atomic E-state index is -0.302. The van der Waals surface area contributed by atoms with Gasteiger partial charge in [-0.15, -0.1) is 0 Å². The third-order valence-electron chi connectivity index (χ3n) is 1.99. The first-order chi connectivity index (χ1) is 6.83. The number of nitrogens with two attached hydrogens (primary N) is 1. The van der Waals surface area contributed by atoms with E-state index in [0.29, 0.717) is 12.2 Å². The van der Waals surface area contributed by atoms with E-state index in [2.05, 4.69) is 15.9 Å². The van der Waals surface area contributed by atoms with Gasteiger partial charge >= 0.3 is 0 Å². The number of hydrogen-bond donors (Lipinski definition) is 2. The summed E-state index contributed by atoms with van der Waals surface area (Å²) >= 11 is 3.43. The standard InChI is InChI=1S/C11H16BrNO2/c1-11(2,13)6-7-4-9(14)10(15-3)5-8(7)12/h4-5,14H,6,13H2,1-3H3. The third-order valence-corrected chi connectivity index (χ3v) is 2.73. The molecule has 0 unspecified atom stereocenters. The molecule has 0 aliphatic rings. The Balaban J connectivity index is 3.05. The molecule has 0 aliphatic heterocycles. The summed E-state index contributed by atoms with van der Waals surface area (Å²) in [5.41, 5.74) is 6.59. The summed E-state index contributed by atoms with van der Waals surface area (Å²) in [6.45, 7) is 3.89. The molecular formula is C11H16BrNO2. The number of phenolic OH excluding ortho intramolecular Hbond substituents is 1. The lowest BCUT2D eigenvalue weighted by Gasteiger charge is -2.19. The maximum absolute atomic E-state index is 9.63. The molecule has 84 valence electrons. The van der Waals surface area contributed by atoms with Crippen LogP contribution in [0.1, 0.15) is 19.4 Å². The third kappa shape index (κ3) is 3.39. The maximum Gasteiger partial charge on any atom is 0.161 e. The second-order valence-corrected chi connectivity index (χ2v) is 5.14. The molecule has 0 heterocycles. The Bertz CT molecular complexity index is 358. The Hall–Kier alpha value is -0.740. The van der Waals surface area contributed by atoms with E-state index in [-0.39, 0.29) is 11.3 Å². The molecule has 0 aromatic heterocycles. The Morgan fingerprint density at radius 3 is 2.53 bits per heavy atom. The number of phenols is 1. The Morgan fingerprint density at radius 2 is 2.07 bits per heavy atom. The van der Waals surface area contributed by atoms with Gasteiger partial charge in [0.2, 0.25) is 0 Å². The lowest BCUT2D eigenvalue weighted by Crippen LogP contribution is -2.34. The van der Waals surface area contributed by atoms with Crippen LogP contribution in [0.2, 0.25) is 0 Å². The normalized spacial score (nSPS) is 11.5. The van der Waals surface area contributed by atoms with Gasteiger partial charge in [-0.2, -0.15) is 0 Å². The first-order valence-electron chi connectivity index (χ1n) is 4.68. The number of hydrogen-bond acceptors (Lipinski definition) is 3. The summed E-state index contributed by atoms with van der Waals surface area (Å²) < 4.78 is 5.90. The smallest absolute Gasteiger partial charge is 0.161 e. The summed E-state index contributed by atoms with van der Waals surface area (Å²) in [6.07, 6.45) is 0.686. The molecule has 1 aromatic carbocycles. The van der Waals surface area contributed by atoms with Crippen LogP contribution < -0.4 is 10.5 Å². The molecule has 3 N–H and O–H groups in total. The zero-order valence-electron chi connectivity index (χ0n) is 9.17. The zero-order valence-corrected chi connectivity index (χ0v) is 10.8. The second kappa shape index (κ2) is 4.41. The van der Waals surface area contributed by atoms with E-state index in [4.69, 9.17) is 10.5 Å². The van der Waals surface area contributed by atoms with Crippen molar-refractivity contribution in [1.29, 1.82) is 0 Å². The summed E-state index contributed by atoms with van der Waals surface area (Å²) in [5.74, 6) is 0.598. The zero-order chi connectivity index (χ0) is 11.6. The largest absolute Gasteiger partial charge is 0.504 e. The topological polar surface area (TPSA) is 55.5 Å². The summed E-state index contributed by atoms with van der Waals surface area (Å²) in [7, 11) is 1.52. The fourth-order valence-electron chi connectivity index (χ4n) is 1.38. The van der Waals surface area contributed by atoms with Crippen LogP contribution in [0.5, 0.6) is 11.5 Å². The molecule has 0 bridgehead atoms. The molecule has 1 rings (SSSR count). The SMILES string of the molecule is COc1cc(Br)c(CC(C)(C)N)cc1O. The quantitative estimate of drug-likeness (QED) is 0.890. The van der Waals surface area contributed by atoms with Gasteiger partial charge in [0.1, 0.15) is 0 Å². The molecule has 0 saturated carbocycles. The van der Waals surface area contributed by atoms with Gasteiger partial charge in [-0.3, -0.25) is 0 Å². The van der Waals surface area contributed by atoms with E-state index >= 15 is 0 Å². The average molecular weight is 274 g/mol. The first-order valence-corrected chi connectivity index (χ1v) is 5.47. The number of methoxy groups -OCH3 is 1. The van der Waals surface area contributed by atoms with Gasteiger partial charge in [-0.1, -0.05) is 15.9 Å². The van der Waals surface area contributed by atoms with Crippen molar-refractivity contribution in [2.24, 2.45) is 5.73 Å². The first kappa shape index (κ1) is 12.3. The molecule has 0 radical (unpaired) electrons. The maximum atomic E-state index is 9.63. The minimum Gasteiger partial charge on any atom is -0.504 e. The number of benzene rings is 1. The van der Waals surface area contributed by atoms with Gasteiger partial charge in [-0.25, -0.2) is 0 Å². The van der Waals surface area contributed by atoms with Crippen molar-refractivity contribution in [2.45, 2.75) is 25.8 Å². The molecule has 0 saturated heterocycles. The molecule has 0 amide bonds. The van der Waals surface area contributed by atoms with Crippen LogP contribution in [-0.2, 0) is 6.42 Å². The van der Waals surface area contributed by atoms with E-state index in [0.717, 1.165) is 10.0 Å². The molecule has 3 nitrogen and oxygen atoms in total. The fraction of sp³-hybridized carbons (Fsp3) is 0.455. The van der Waals surface area contributed by atoms with Crippen molar-refractivity contribution in [3.05, 3.63) is 22.2 Å². The molecule has 0 spiro atoms. The Morgan fingerprint density at radius 1 is 1.47 bits per heavy atom. The Labute approximate surface area is 98.4 Å². The molecule has 4 heteroatoms. The number of aromatic hydroxyl groups is 1. The highest BCUT2D eigenvalue weighted by Gasteiger charge is 2.16. The van der Waals surface area contributed by atoms with E-state index < -0.39 is 0 Å². The minimum absolute atomic E-state index is 0.139. The van der Waals surface area contributed by atoms with Gasteiger partial charge in [-0.05, 0) is 38.0 Å². The van der Waals surface area contributed by atoms with Gasteiger partial charge in [0, 0.05) is 10.0 Å². The van der Waals surface area contributed by atoms with Crippen LogP contribution in [0.4, 0.5) is 0 Å². The highest BCUT2D eigenvalue weighted by atomic mass is 79.9. The molecule has 0 fully saturated rings. The number of ether oxygens (including phenoxy) is 1. The van der Waals surface area contributed by atoms with E-state index in [1.54, 1.807) is 12.1 Å². The average Bonchev–Trinajstić information content (AvgIpc) is 2.08. The van der Waals surface area contributed by atoms with Crippen molar-refractivity contribution in [2.75, 3.05) is 7.11 Å². The van der Waals surface area contributed by atoms with E-state index in [1.807, 2.05) is 13.8 Å². The molecular weight excluding hydrogens is 258 g/mol. The van der Waals surface area contributed by atoms with Gasteiger partial charge < -0.3 is 15.6 Å². The van der Waals surface area contributed by atoms with Crippen molar-refractivity contribution in [3.63, 3.8) is 0 Å². The van der Waals surface area contributed by atoms with Crippen molar-refractivity contribution in [3.8, 4) is 11.5 Å². The van der Waals surface area contributed by atoms with Crippen LogP contribution >= 0.6 is 15.9 Å². The second-order valence-electron chi connectivity index (χ2n) is 4.28. The predicted octanol–water partition coefficient (Wildman–Crippen LogP) is 2.44. The van der Waals surface area contributed by atoms with E-state index in [1.165, 1.54) is 7.11 Å². The van der Waals surface area contributed by atoms with Crippen LogP contribution in [-0.4, -0.2) is 17.8 Å². The highest BCUT2D eigenvalue weighted by Crippen LogP contribution is 2.33. The van der Waals surface area contributed by atoms with Crippen molar-refractivity contribution >= 4 is 15.9 Å². The van der Waals surface area contributed by atoms with Crippen LogP contribution in [0.25, 0.3) is 0 Å². The summed E-state index contributed by atoms with van der Waals surface area (Å²) in [6, 6.07) is 3.42. The summed E-state index contributed by atoms with van der Waals surface area (Å²) in [5, 5.41) is 9.63. The number of halogens is 1. The lowest BCUT2D eigenvalue weighted by molar-refractivity contribution is 0.372. The van der Waals surface area contributed by atoms with Crippen LogP contribution in [0.15, 0.2) is 16.6 Å². The van der Waals surface area contributed by atoms with Crippen molar-refractivity contribution in [1.82, 2.24) is 0 Å². The molecule has 0 aliphatic carbocycles. The summed E-state index contributed by atoms with van der Waals surface area (Å²) in [4.78, 5) is 0.